The number of benzene rings is 2. The average Bonchev–Trinajstić information content (AvgIpc) is 3.47. The van der Waals surface area contributed by atoms with Crippen molar-refractivity contribution in [2.75, 3.05) is 6.54 Å². The second kappa shape index (κ2) is 6.35. The van der Waals surface area contributed by atoms with Crippen LogP contribution >= 0.6 is 0 Å². The molecule has 7 heteroatoms. The van der Waals surface area contributed by atoms with Crippen molar-refractivity contribution in [3.05, 3.63) is 66.8 Å². The quantitative estimate of drug-likeness (QED) is 0.611. The third kappa shape index (κ3) is 2.77. The normalized spacial score (nSPS) is 14.1. The molecule has 2 aromatic carbocycles. The van der Waals surface area contributed by atoms with Gasteiger partial charge in [0.15, 0.2) is 0 Å². The molecule has 7 nitrogen and oxygen atoms in total. The molecule has 0 saturated carbocycles. The van der Waals surface area contributed by atoms with Gasteiger partial charge < -0.3 is 4.90 Å². The highest BCUT2D eigenvalue weighted by Gasteiger charge is 2.20. The molecule has 1 saturated heterocycles. The van der Waals surface area contributed by atoms with E-state index in [-0.39, 0.29) is 5.91 Å². The van der Waals surface area contributed by atoms with Crippen molar-refractivity contribution >= 4 is 16.8 Å². The molecule has 1 aliphatic rings. The molecule has 0 bridgehead atoms. The maximum Gasteiger partial charge on any atom is 0.254 e. The van der Waals surface area contributed by atoms with Crippen LogP contribution in [0.1, 0.15) is 23.2 Å². The Balaban J connectivity index is 1.42. The topological polar surface area (TPSA) is 79.7 Å². The number of nitrogens with one attached hydrogen (secondary N) is 1. The summed E-state index contributed by atoms with van der Waals surface area (Å²) < 4.78 is 1.69. The van der Waals surface area contributed by atoms with Gasteiger partial charge in [-0.15, -0.1) is 5.10 Å². The molecule has 1 fully saturated rings. The third-order valence-corrected chi connectivity index (χ3v) is 4.80. The largest absolute Gasteiger partial charge is 0.334 e. The lowest BCUT2D eigenvalue weighted by Crippen LogP contribution is -2.24. The van der Waals surface area contributed by atoms with Crippen LogP contribution in [0.4, 0.5) is 0 Å². The highest BCUT2D eigenvalue weighted by atomic mass is 16.2. The summed E-state index contributed by atoms with van der Waals surface area (Å²) in [7, 11) is 0. The minimum absolute atomic E-state index is 0.0429. The molecule has 0 atom stereocenters. The summed E-state index contributed by atoms with van der Waals surface area (Å²) in [6.45, 7) is 2.76. The molecule has 1 radical (unpaired) electrons. The first kappa shape index (κ1) is 15.7. The van der Waals surface area contributed by atoms with Gasteiger partial charge in [-0.1, -0.05) is 23.4 Å². The number of likely N-dealkylation sites (tertiary alicyclic amines) is 1. The number of amides is 1. The van der Waals surface area contributed by atoms with Gasteiger partial charge in [-0.25, -0.2) is 4.68 Å². The van der Waals surface area contributed by atoms with E-state index in [1.165, 1.54) is 0 Å². The van der Waals surface area contributed by atoms with Crippen LogP contribution in [-0.2, 0) is 0 Å². The Morgan fingerprint density at radius 1 is 1.07 bits per heavy atom. The number of carbonyl (C=O) groups excluding carboxylic acids is 1. The highest BCUT2D eigenvalue weighted by molar-refractivity contribution is 5.95. The average molecular weight is 357 g/mol. The standard InChI is InChI=1S/C20H17N6O/c27-20(25-11-3-4-12-25)14-7-9-15(10-8-14)26-13-18(22-24-26)19-16-5-1-2-6-17(16)21-23-19/h1-2,5-11,13H,3-4,12H2,(H,21,23). The van der Waals surface area contributed by atoms with Crippen LogP contribution in [0.3, 0.4) is 0 Å². The molecular weight excluding hydrogens is 340 g/mol. The van der Waals surface area contributed by atoms with Crippen molar-refractivity contribution in [3.8, 4) is 17.1 Å². The summed E-state index contributed by atoms with van der Waals surface area (Å²) in [6.07, 6.45) is 3.84. The summed E-state index contributed by atoms with van der Waals surface area (Å²) in [4.78, 5) is 14.2. The smallest absolute Gasteiger partial charge is 0.254 e. The second-order valence-corrected chi connectivity index (χ2v) is 6.54. The molecule has 1 N–H and O–H groups in total. The molecule has 1 amide bonds. The lowest BCUT2D eigenvalue weighted by atomic mass is 10.1. The summed E-state index contributed by atoms with van der Waals surface area (Å²) in [5.74, 6) is 0.0429. The number of hydrogen-bond acceptors (Lipinski definition) is 4. The minimum Gasteiger partial charge on any atom is -0.334 e. The molecule has 133 valence electrons. The van der Waals surface area contributed by atoms with E-state index in [0.29, 0.717) is 11.3 Å². The van der Waals surface area contributed by atoms with Crippen LogP contribution in [0.5, 0.6) is 0 Å². The monoisotopic (exact) mass is 357 g/mol. The molecule has 27 heavy (non-hydrogen) atoms. The van der Waals surface area contributed by atoms with Crippen LogP contribution in [0, 0.1) is 6.54 Å². The summed E-state index contributed by atoms with van der Waals surface area (Å²) in [5.41, 5.74) is 3.95. The van der Waals surface area contributed by atoms with Crippen LogP contribution < -0.4 is 0 Å². The number of aromatic amines is 1. The van der Waals surface area contributed by atoms with Gasteiger partial charge >= 0.3 is 0 Å². The van der Waals surface area contributed by atoms with Crippen LogP contribution in [-0.4, -0.2) is 42.5 Å². The van der Waals surface area contributed by atoms with Gasteiger partial charge in [-0.05, 0) is 43.2 Å². The maximum atomic E-state index is 12.4. The van der Waals surface area contributed by atoms with Crippen molar-refractivity contribution in [1.29, 1.82) is 0 Å². The fourth-order valence-electron chi connectivity index (χ4n) is 3.36. The highest BCUT2D eigenvalue weighted by Crippen LogP contribution is 2.25. The Labute approximate surface area is 155 Å². The van der Waals surface area contributed by atoms with Crippen molar-refractivity contribution in [1.82, 2.24) is 30.1 Å². The van der Waals surface area contributed by atoms with Gasteiger partial charge in [-0.3, -0.25) is 9.89 Å². The Morgan fingerprint density at radius 3 is 2.74 bits per heavy atom. The van der Waals surface area contributed by atoms with E-state index in [2.05, 4.69) is 20.5 Å². The van der Waals surface area contributed by atoms with Gasteiger partial charge in [0, 0.05) is 17.5 Å². The molecule has 2 aromatic heterocycles. The first-order chi connectivity index (χ1) is 13.3. The lowest BCUT2D eigenvalue weighted by Gasteiger charge is -2.14. The van der Waals surface area contributed by atoms with Gasteiger partial charge in [0.2, 0.25) is 0 Å². The first-order valence-electron chi connectivity index (χ1n) is 8.90. The van der Waals surface area contributed by atoms with E-state index in [1.807, 2.05) is 61.3 Å². The number of rotatable bonds is 3. The Hall–Kier alpha value is -3.48. The molecular formula is C20H17N6O. The summed E-state index contributed by atoms with van der Waals surface area (Å²) >= 11 is 0. The van der Waals surface area contributed by atoms with Crippen molar-refractivity contribution < 1.29 is 4.79 Å². The SMILES string of the molecule is O=C(c1ccc(-n2cc(-c3n[nH]c4ccccc34)nn2)cc1)N1[CH]CCC1. The van der Waals surface area contributed by atoms with Crippen molar-refractivity contribution in [3.63, 3.8) is 0 Å². The predicted molar refractivity (Wildman–Crippen MR) is 101 cm³/mol. The molecule has 0 spiro atoms. The van der Waals surface area contributed by atoms with E-state index in [4.69, 9.17) is 0 Å². The van der Waals surface area contributed by atoms with Gasteiger partial charge in [0.05, 0.1) is 23.9 Å². The van der Waals surface area contributed by atoms with Crippen molar-refractivity contribution in [2.45, 2.75) is 12.8 Å². The number of carbonyl (C=O) groups is 1. The Morgan fingerprint density at radius 2 is 1.93 bits per heavy atom. The molecule has 4 aromatic rings. The number of aromatic nitrogens is 5. The van der Waals surface area contributed by atoms with Gasteiger partial charge in [-0.2, -0.15) is 5.10 Å². The molecule has 5 rings (SSSR count). The zero-order chi connectivity index (χ0) is 18.2. The zero-order valence-corrected chi connectivity index (χ0v) is 14.5. The van der Waals surface area contributed by atoms with E-state index < -0.39 is 0 Å². The van der Waals surface area contributed by atoms with Gasteiger partial charge in [0.25, 0.3) is 5.91 Å². The number of hydrogen-bond donors (Lipinski definition) is 1. The number of nitrogens with zero attached hydrogens (tertiary/aromatic N) is 5. The molecule has 0 aliphatic carbocycles. The molecule has 3 heterocycles. The number of fused-ring (bicyclic) bond motifs is 1. The minimum atomic E-state index is 0.0429. The van der Waals surface area contributed by atoms with Crippen LogP contribution in [0.2, 0.25) is 0 Å². The fraction of sp³-hybridized carbons (Fsp3) is 0.150. The lowest BCUT2D eigenvalue weighted by molar-refractivity contribution is 0.0820. The van der Waals surface area contributed by atoms with E-state index in [9.17, 15) is 4.79 Å². The Kier molecular flexibility index (Phi) is 3.71. The van der Waals surface area contributed by atoms with Crippen molar-refractivity contribution in [2.24, 2.45) is 0 Å². The van der Waals surface area contributed by atoms with E-state index >= 15 is 0 Å². The summed E-state index contributed by atoms with van der Waals surface area (Å²) in [5, 5.41) is 16.8. The molecule has 0 unspecified atom stereocenters. The van der Waals surface area contributed by atoms with Gasteiger partial charge in [0.1, 0.15) is 11.4 Å². The van der Waals surface area contributed by atoms with E-state index in [1.54, 1.807) is 9.58 Å². The maximum absolute atomic E-state index is 12.4. The Bertz CT molecular complexity index is 1100. The summed E-state index contributed by atoms with van der Waals surface area (Å²) in [6, 6.07) is 15.3. The number of H-pyrrole nitrogens is 1. The number of para-hydroxylation sites is 1. The zero-order valence-electron chi connectivity index (χ0n) is 14.5. The van der Waals surface area contributed by atoms with Crippen LogP contribution in [0.25, 0.3) is 28.0 Å². The fourth-order valence-corrected chi connectivity index (χ4v) is 3.36. The predicted octanol–water partition coefficient (Wildman–Crippen LogP) is 3.21. The van der Waals surface area contributed by atoms with Crippen LogP contribution in [0.15, 0.2) is 54.7 Å². The van der Waals surface area contributed by atoms with E-state index in [0.717, 1.165) is 41.7 Å². The first-order valence-corrected chi connectivity index (χ1v) is 8.90. The molecule has 1 aliphatic heterocycles. The second-order valence-electron chi connectivity index (χ2n) is 6.54. The third-order valence-electron chi connectivity index (χ3n) is 4.80.